The second-order valence-electron chi connectivity index (χ2n) is 6.91. The Morgan fingerprint density at radius 2 is 1.70 bits per heavy atom. The number of hydrogen-bond donors (Lipinski definition) is 2. The van der Waals surface area contributed by atoms with Gasteiger partial charge in [0.15, 0.2) is 0 Å². The quantitative estimate of drug-likeness (QED) is 0.518. The monoisotopic (exact) mass is 449 g/mol. The van der Waals surface area contributed by atoms with E-state index in [1.807, 2.05) is 33.3 Å². The maximum absolute atomic E-state index is 6.62. The summed E-state index contributed by atoms with van der Waals surface area (Å²) >= 11 is 13.2. The van der Waals surface area contributed by atoms with Crippen LogP contribution in [0.2, 0.25) is 10.0 Å². The van der Waals surface area contributed by atoms with E-state index in [0.29, 0.717) is 32.8 Å². The number of pyridine rings is 2. The van der Waals surface area contributed by atoms with Crippen molar-refractivity contribution >= 4 is 45.6 Å². The predicted octanol–water partition coefficient (Wildman–Crippen LogP) is 4.64. The Labute approximate surface area is 186 Å². The zero-order valence-corrected chi connectivity index (χ0v) is 19.1. The van der Waals surface area contributed by atoms with Gasteiger partial charge in [-0.05, 0) is 26.2 Å². The molecule has 0 saturated carbocycles. The number of halogens is 2. The van der Waals surface area contributed by atoms with Crippen LogP contribution < -0.4 is 20.1 Å². The second kappa shape index (κ2) is 9.55. The minimum Gasteiger partial charge on any atom is -0.495 e. The Kier molecular flexibility index (Phi) is 7.07. The molecule has 30 heavy (non-hydrogen) atoms. The fourth-order valence-corrected chi connectivity index (χ4v) is 3.75. The molecule has 1 aromatic carbocycles. The molecule has 0 bridgehead atoms. The number of nitrogens with zero attached hydrogens (tertiary/aromatic N) is 3. The Bertz CT molecular complexity index is 1030. The van der Waals surface area contributed by atoms with Crippen LogP contribution in [-0.2, 0) is 0 Å². The van der Waals surface area contributed by atoms with Gasteiger partial charge in [-0.15, -0.1) is 0 Å². The molecule has 0 atom stereocenters. The maximum atomic E-state index is 6.62. The van der Waals surface area contributed by atoms with Crippen molar-refractivity contribution in [1.82, 2.24) is 14.9 Å². The van der Waals surface area contributed by atoms with Crippen molar-refractivity contribution in [1.29, 1.82) is 0 Å². The van der Waals surface area contributed by atoms with Gasteiger partial charge in [-0.2, -0.15) is 0 Å². The van der Waals surface area contributed by atoms with Crippen LogP contribution >= 0.6 is 23.2 Å². The summed E-state index contributed by atoms with van der Waals surface area (Å²) in [5.41, 5.74) is 1.14. The van der Waals surface area contributed by atoms with Crippen LogP contribution in [0.25, 0.3) is 22.0 Å². The molecule has 160 valence electrons. The van der Waals surface area contributed by atoms with E-state index in [1.54, 1.807) is 26.5 Å². The molecule has 7 nitrogen and oxygen atoms in total. The van der Waals surface area contributed by atoms with Gasteiger partial charge in [0.05, 0.1) is 30.0 Å². The van der Waals surface area contributed by atoms with Gasteiger partial charge in [0.1, 0.15) is 23.1 Å². The fourth-order valence-electron chi connectivity index (χ4n) is 3.05. The first-order chi connectivity index (χ1) is 14.4. The molecule has 0 amide bonds. The number of ether oxygens (including phenoxy) is 2. The fraction of sp³-hybridized carbons (Fsp3) is 0.333. The van der Waals surface area contributed by atoms with Gasteiger partial charge in [-0.1, -0.05) is 23.2 Å². The van der Waals surface area contributed by atoms with Gasteiger partial charge < -0.3 is 25.0 Å². The highest BCUT2D eigenvalue weighted by molar-refractivity contribution is 6.41. The molecule has 2 aromatic heterocycles. The van der Waals surface area contributed by atoms with Crippen molar-refractivity contribution in [3.8, 4) is 22.8 Å². The molecule has 0 saturated heterocycles. The summed E-state index contributed by atoms with van der Waals surface area (Å²) in [6.07, 6.45) is 1.79. The van der Waals surface area contributed by atoms with E-state index in [0.717, 1.165) is 35.5 Å². The average Bonchev–Trinajstić information content (AvgIpc) is 2.73. The van der Waals surface area contributed by atoms with E-state index in [-0.39, 0.29) is 0 Å². The SMILES string of the molecule is CNc1cc2c(NCCN(C)C)nc(-c3c(Cl)c(OC)cc(OC)c3Cl)cc2cn1. The molecule has 0 unspecified atom stereocenters. The lowest BCUT2D eigenvalue weighted by Gasteiger charge is -2.17. The lowest BCUT2D eigenvalue weighted by molar-refractivity contribution is 0.395. The highest BCUT2D eigenvalue weighted by Crippen LogP contribution is 2.46. The Morgan fingerprint density at radius 3 is 2.27 bits per heavy atom. The molecule has 3 aromatic rings. The van der Waals surface area contributed by atoms with Crippen LogP contribution in [0.5, 0.6) is 11.5 Å². The Hall–Kier alpha value is -2.48. The first kappa shape index (κ1) is 22.2. The number of methoxy groups -OCH3 is 2. The molecule has 9 heteroatoms. The molecule has 2 N–H and O–H groups in total. The zero-order chi connectivity index (χ0) is 21.8. The number of likely N-dealkylation sites (N-methyl/N-ethyl adjacent to an activating group) is 1. The summed E-state index contributed by atoms with van der Waals surface area (Å²) in [7, 11) is 8.97. The Morgan fingerprint density at radius 1 is 1.03 bits per heavy atom. The smallest absolute Gasteiger partial charge is 0.141 e. The maximum Gasteiger partial charge on any atom is 0.141 e. The highest BCUT2D eigenvalue weighted by Gasteiger charge is 2.21. The van der Waals surface area contributed by atoms with Crippen LogP contribution in [0.15, 0.2) is 24.4 Å². The molecular formula is C21H25Cl2N5O2. The molecule has 0 aliphatic carbocycles. The molecule has 3 rings (SSSR count). The first-order valence-electron chi connectivity index (χ1n) is 9.37. The van der Waals surface area contributed by atoms with Gasteiger partial charge in [0.25, 0.3) is 0 Å². The van der Waals surface area contributed by atoms with Crippen molar-refractivity contribution in [3.63, 3.8) is 0 Å². The molecule has 0 spiro atoms. The molecule has 2 heterocycles. The van der Waals surface area contributed by atoms with E-state index < -0.39 is 0 Å². The number of benzene rings is 1. The van der Waals surface area contributed by atoms with Gasteiger partial charge in [0.2, 0.25) is 0 Å². The lowest BCUT2D eigenvalue weighted by atomic mass is 10.1. The van der Waals surface area contributed by atoms with E-state index in [2.05, 4.69) is 20.5 Å². The third-order valence-electron chi connectivity index (χ3n) is 4.65. The van der Waals surface area contributed by atoms with Crippen molar-refractivity contribution in [2.45, 2.75) is 0 Å². The van der Waals surface area contributed by atoms with Crippen LogP contribution in [0.1, 0.15) is 0 Å². The van der Waals surface area contributed by atoms with E-state index in [9.17, 15) is 0 Å². The molecule has 0 aliphatic rings. The standard InChI is InChI=1S/C21H25Cl2N5O2/c1-24-17-9-13-12(11-26-17)8-14(27-21(13)25-6-7-28(2)3)18-19(22)15(29-4)10-16(30-5)20(18)23/h8-11H,6-7H2,1-5H3,(H,24,26)(H,25,27). The predicted molar refractivity (Wildman–Crippen MR) is 125 cm³/mol. The lowest BCUT2D eigenvalue weighted by Crippen LogP contribution is -2.21. The topological polar surface area (TPSA) is 71.5 Å². The normalized spacial score (nSPS) is 11.1. The number of anilines is 2. The number of nitrogens with one attached hydrogen (secondary N) is 2. The second-order valence-corrected chi connectivity index (χ2v) is 7.67. The van der Waals surface area contributed by atoms with Crippen molar-refractivity contribution in [3.05, 3.63) is 34.4 Å². The molecule has 0 aliphatic heterocycles. The zero-order valence-electron chi connectivity index (χ0n) is 17.6. The van der Waals surface area contributed by atoms with Gasteiger partial charge in [-0.3, -0.25) is 0 Å². The van der Waals surface area contributed by atoms with E-state index >= 15 is 0 Å². The highest BCUT2D eigenvalue weighted by atomic mass is 35.5. The van der Waals surface area contributed by atoms with Crippen LogP contribution in [0.3, 0.4) is 0 Å². The van der Waals surface area contributed by atoms with Gasteiger partial charge >= 0.3 is 0 Å². The van der Waals surface area contributed by atoms with Gasteiger partial charge in [-0.25, -0.2) is 9.97 Å². The van der Waals surface area contributed by atoms with Crippen LogP contribution in [-0.4, -0.2) is 63.3 Å². The van der Waals surface area contributed by atoms with Crippen LogP contribution in [0, 0.1) is 0 Å². The summed E-state index contributed by atoms with van der Waals surface area (Å²) < 4.78 is 10.8. The number of aromatic nitrogens is 2. The summed E-state index contributed by atoms with van der Waals surface area (Å²) in [5, 5.41) is 9.07. The van der Waals surface area contributed by atoms with Crippen molar-refractivity contribution < 1.29 is 9.47 Å². The Balaban J connectivity index is 2.22. The number of rotatable bonds is 8. The minimum absolute atomic E-state index is 0.370. The average molecular weight is 450 g/mol. The molecular weight excluding hydrogens is 425 g/mol. The van der Waals surface area contributed by atoms with Crippen molar-refractivity contribution in [2.75, 3.05) is 59.1 Å². The third kappa shape index (κ3) is 4.48. The van der Waals surface area contributed by atoms with Crippen molar-refractivity contribution in [2.24, 2.45) is 0 Å². The van der Waals surface area contributed by atoms with Crippen LogP contribution in [0.4, 0.5) is 11.6 Å². The minimum atomic E-state index is 0.370. The summed E-state index contributed by atoms with van der Waals surface area (Å²) in [4.78, 5) is 11.4. The third-order valence-corrected chi connectivity index (χ3v) is 5.40. The van der Waals surface area contributed by atoms with E-state index in [1.165, 1.54) is 0 Å². The summed E-state index contributed by atoms with van der Waals surface area (Å²) in [6, 6.07) is 5.52. The molecule has 0 radical (unpaired) electrons. The van der Waals surface area contributed by atoms with Gasteiger partial charge in [0, 0.05) is 48.7 Å². The van der Waals surface area contributed by atoms with E-state index in [4.69, 9.17) is 37.7 Å². The number of fused-ring (bicyclic) bond motifs is 1. The summed E-state index contributed by atoms with van der Waals surface area (Å²) in [5.74, 6) is 2.39. The molecule has 0 fully saturated rings. The summed E-state index contributed by atoms with van der Waals surface area (Å²) in [6.45, 7) is 1.57. The largest absolute Gasteiger partial charge is 0.495 e. The number of hydrogen-bond acceptors (Lipinski definition) is 7. The first-order valence-corrected chi connectivity index (χ1v) is 10.1.